The van der Waals surface area contributed by atoms with Crippen LogP contribution in [0.3, 0.4) is 0 Å². The van der Waals surface area contributed by atoms with Crippen LogP contribution in [-0.2, 0) is 21.2 Å². The maximum Gasteiger partial charge on any atom is 0.229 e. The molecule has 1 aromatic rings. The van der Waals surface area contributed by atoms with E-state index in [2.05, 4.69) is 11.6 Å². The largest absolute Gasteiger partial charge is 0.315 e. The summed E-state index contributed by atoms with van der Waals surface area (Å²) in [5.74, 6) is 0.852. The zero-order valence-corrected chi connectivity index (χ0v) is 19.6. The highest BCUT2D eigenvalue weighted by molar-refractivity contribution is 7.92. The fourth-order valence-corrected chi connectivity index (χ4v) is 6.06. The van der Waals surface area contributed by atoms with Crippen molar-refractivity contribution in [3.05, 3.63) is 29.8 Å². The second-order valence-corrected chi connectivity index (χ2v) is 11.2. The molecule has 2 bridgehead atoms. The number of nitrogens with zero attached hydrogens (tertiary/aromatic N) is 1. The number of sulfonamides is 1. The molecular formula is C24H39N2O3S+. The van der Waals surface area contributed by atoms with Crippen molar-refractivity contribution in [2.24, 2.45) is 5.92 Å². The van der Waals surface area contributed by atoms with E-state index in [1.165, 1.54) is 57.3 Å². The van der Waals surface area contributed by atoms with Crippen LogP contribution >= 0.6 is 0 Å². The van der Waals surface area contributed by atoms with Crippen LogP contribution in [0.4, 0.5) is 5.69 Å². The molecule has 1 aromatic carbocycles. The standard InChI is InChI=1S/C24H39N2O3S/c1-3-4-5-6-7-17-26-18-15-21(16-19-26)24(27)23(26)10-8-9-20-11-13-22(14-12-20)25-30(2,28)29/h11-14,21,23,25H,3-10,15-19H2,1-2H3/q+1. The van der Waals surface area contributed by atoms with Crippen LogP contribution in [0.2, 0.25) is 0 Å². The summed E-state index contributed by atoms with van der Waals surface area (Å²) in [6, 6.07) is 7.81. The molecule has 0 amide bonds. The summed E-state index contributed by atoms with van der Waals surface area (Å²) in [7, 11) is -3.24. The highest BCUT2D eigenvalue weighted by atomic mass is 32.2. The first kappa shape index (κ1) is 23.3. The van der Waals surface area contributed by atoms with Crippen molar-refractivity contribution in [3.8, 4) is 0 Å². The average molecular weight is 436 g/mol. The predicted molar refractivity (Wildman–Crippen MR) is 123 cm³/mol. The topological polar surface area (TPSA) is 63.2 Å². The van der Waals surface area contributed by atoms with E-state index in [1.54, 1.807) is 0 Å². The molecule has 3 aliphatic heterocycles. The van der Waals surface area contributed by atoms with Crippen molar-refractivity contribution in [2.75, 3.05) is 30.6 Å². The van der Waals surface area contributed by atoms with E-state index in [1.807, 2.05) is 24.3 Å². The molecule has 0 saturated carbocycles. The normalized spacial score (nSPS) is 26.1. The van der Waals surface area contributed by atoms with Crippen molar-refractivity contribution in [3.63, 3.8) is 0 Å². The molecule has 168 valence electrons. The van der Waals surface area contributed by atoms with Gasteiger partial charge in [0.05, 0.1) is 25.9 Å². The smallest absolute Gasteiger partial charge is 0.229 e. The molecule has 0 radical (unpaired) electrons. The van der Waals surface area contributed by atoms with Gasteiger partial charge in [-0.15, -0.1) is 0 Å². The van der Waals surface area contributed by atoms with Crippen LogP contribution in [0.1, 0.15) is 70.3 Å². The lowest BCUT2D eigenvalue weighted by atomic mass is 9.77. The van der Waals surface area contributed by atoms with Gasteiger partial charge in [-0.2, -0.15) is 0 Å². The van der Waals surface area contributed by atoms with Crippen LogP contribution in [0.15, 0.2) is 24.3 Å². The van der Waals surface area contributed by atoms with E-state index < -0.39 is 10.0 Å². The predicted octanol–water partition coefficient (Wildman–Crippen LogP) is 4.53. The number of aryl methyl sites for hydroxylation is 1. The summed E-state index contributed by atoms with van der Waals surface area (Å²) in [5, 5.41) is 0. The Balaban J connectivity index is 1.54. The molecule has 0 spiro atoms. The number of carbonyl (C=O) groups is 1. The summed E-state index contributed by atoms with van der Waals surface area (Å²) < 4.78 is 26.2. The van der Waals surface area contributed by atoms with Crippen molar-refractivity contribution in [1.82, 2.24) is 0 Å². The zero-order chi connectivity index (χ0) is 21.6. The molecule has 1 N–H and O–H groups in total. The number of piperidine rings is 3. The SMILES string of the molecule is CCCCCCC[N+]12CCC(CC1)C(=O)C2CCCc1ccc(NS(C)(=O)=O)cc1. The number of anilines is 1. The summed E-state index contributed by atoms with van der Waals surface area (Å²) >= 11 is 0. The Morgan fingerprint density at radius 1 is 1.00 bits per heavy atom. The van der Waals surface area contributed by atoms with Gasteiger partial charge in [-0.25, -0.2) is 8.42 Å². The van der Waals surface area contributed by atoms with Crippen molar-refractivity contribution < 1.29 is 17.7 Å². The molecule has 1 atom stereocenters. The van der Waals surface area contributed by atoms with Crippen molar-refractivity contribution in [1.29, 1.82) is 0 Å². The Hall–Kier alpha value is -1.40. The lowest BCUT2D eigenvalue weighted by molar-refractivity contribution is -0.953. The van der Waals surface area contributed by atoms with Crippen molar-refractivity contribution >= 4 is 21.5 Å². The molecule has 30 heavy (non-hydrogen) atoms. The number of ketones is 1. The molecule has 1 unspecified atom stereocenters. The Morgan fingerprint density at radius 2 is 1.67 bits per heavy atom. The number of carbonyl (C=O) groups excluding carboxylic acids is 1. The van der Waals surface area contributed by atoms with E-state index in [-0.39, 0.29) is 6.04 Å². The monoisotopic (exact) mass is 435 g/mol. The van der Waals surface area contributed by atoms with Gasteiger partial charge in [-0.1, -0.05) is 38.3 Å². The molecule has 3 saturated heterocycles. The Labute approximate surface area is 182 Å². The minimum absolute atomic E-state index is 0.204. The third kappa shape index (κ3) is 6.07. The maximum absolute atomic E-state index is 13.1. The number of benzene rings is 1. The van der Waals surface area contributed by atoms with Crippen LogP contribution in [-0.4, -0.2) is 50.6 Å². The summed E-state index contributed by atoms with van der Waals surface area (Å²) in [6.07, 6.45) is 12.7. The Morgan fingerprint density at radius 3 is 2.30 bits per heavy atom. The second kappa shape index (κ2) is 10.3. The first-order chi connectivity index (χ1) is 14.3. The highest BCUT2D eigenvalue weighted by Crippen LogP contribution is 2.38. The van der Waals surface area contributed by atoms with Gasteiger partial charge >= 0.3 is 0 Å². The zero-order valence-electron chi connectivity index (χ0n) is 18.7. The summed E-state index contributed by atoms with van der Waals surface area (Å²) in [6.45, 7) is 5.82. The fraction of sp³-hybridized carbons (Fsp3) is 0.708. The van der Waals surface area contributed by atoms with Crippen LogP contribution in [0.5, 0.6) is 0 Å². The average Bonchev–Trinajstić information content (AvgIpc) is 2.71. The van der Waals surface area contributed by atoms with Gasteiger partial charge in [0.15, 0.2) is 5.78 Å². The van der Waals surface area contributed by atoms with Gasteiger partial charge in [0.1, 0.15) is 6.04 Å². The minimum atomic E-state index is -3.24. The molecule has 0 aromatic heterocycles. The molecule has 3 heterocycles. The summed E-state index contributed by atoms with van der Waals surface area (Å²) in [4.78, 5) is 13.1. The van der Waals surface area contributed by atoms with Crippen LogP contribution in [0, 0.1) is 5.92 Å². The third-order valence-corrected chi connectivity index (χ3v) is 7.75. The number of nitrogens with one attached hydrogen (secondary N) is 1. The highest BCUT2D eigenvalue weighted by Gasteiger charge is 2.52. The number of quaternary nitrogens is 1. The lowest BCUT2D eigenvalue weighted by Gasteiger charge is -2.53. The number of rotatable bonds is 12. The molecule has 3 fully saturated rings. The van der Waals surface area contributed by atoms with Gasteiger partial charge in [0.25, 0.3) is 0 Å². The van der Waals surface area contributed by atoms with Crippen LogP contribution < -0.4 is 4.72 Å². The van der Waals surface area contributed by atoms with E-state index in [4.69, 9.17) is 0 Å². The lowest BCUT2D eigenvalue weighted by Crippen LogP contribution is -2.68. The molecule has 6 heteroatoms. The number of unbranched alkanes of at least 4 members (excludes halogenated alkanes) is 4. The molecule has 4 rings (SSSR count). The van der Waals surface area contributed by atoms with Gasteiger partial charge in [0.2, 0.25) is 10.0 Å². The quantitative estimate of drug-likeness (QED) is 0.388. The summed E-state index contributed by atoms with van der Waals surface area (Å²) in [5.41, 5.74) is 1.79. The van der Waals surface area contributed by atoms with Gasteiger partial charge < -0.3 is 4.48 Å². The van der Waals surface area contributed by atoms with E-state index in [0.29, 0.717) is 17.4 Å². The third-order valence-electron chi connectivity index (χ3n) is 7.14. The minimum Gasteiger partial charge on any atom is -0.315 e. The van der Waals surface area contributed by atoms with Gasteiger partial charge in [-0.3, -0.25) is 9.52 Å². The van der Waals surface area contributed by atoms with E-state index >= 15 is 0 Å². The maximum atomic E-state index is 13.1. The first-order valence-electron chi connectivity index (χ1n) is 11.8. The van der Waals surface area contributed by atoms with Gasteiger partial charge in [-0.05, 0) is 43.4 Å². The second-order valence-electron chi connectivity index (χ2n) is 9.46. The van der Waals surface area contributed by atoms with Crippen LogP contribution in [0.25, 0.3) is 0 Å². The van der Waals surface area contributed by atoms with E-state index in [9.17, 15) is 13.2 Å². The fourth-order valence-electron chi connectivity index (χ4n) is 5.50. The van der Waals surface area contributed by atoms with Crippen molar-refractivity contribution in [2.45, 2.75) is 77.2 Å². The molecule has 5 nitrogen and oxygen atoms in total. The Kier molecular flexibility index (Phi) is 7.97. The molecular weight excluding hydrogens is 396 g/mol. The Bertz CT molecular complexity index is 796. The number of fused-ring (bicyclic) bond motifs is 3. The van der Waals surface area contributed by atoms with Gasteiger partial charge in [0, 0.05) is 30.9 Å². The first-order valence-corrected chi connectivity index (χ1v) is 13.7. The molecule has 3 aliphatic rings. The number of Topliss-reactive ketones (excluding diaryl/α,β-unsaturated/α-hetero) is 1. The molecule has 0 aliphatic carbocycles. The number of hydrogen-bond donors (Lipinski definition) is 1. The van der Waals surface area contributed by atoms with E-state index in [0.717, 1.165) is 42.8 Å². The number of hydrogen-bond acceptors (Lipinski definition) is 3.